The lowest BCUT2D eigenvalue weighted by atomic mass is 9.97. The van der Waals surface area contributed by atoms with Crippen molar-refractivity contribution in [1.82, 2.24) is 14.9 Å². The topological polar surface area (TPSA) is 75.3 Å². The number of H-pyrrole nitrogens is 1. The fourth-order valence-electron chi connectivity index (χ4n) is 3.16. The highest BCUT2D eigenvalue weighted by Crippen LogP contribution is 2.21. The van der Waals surface area contributed by atoms with E-state index in [9.17, 15) is 9.59 Å². The van der Waals surface area contributed by atoms with Gasteiger partial charge in [0.1, 0.15) is 5.82 Å². The van der Waals surface area contributed by atoms with E-state index in [2.05, 4.69) is 9.97 Å². The molecule has 1 amide bonds. The Labute approximate surface area is 141 Å². The van der Waals surface area contributed by atoms with Gasteiger partial charge in [-0.05, 0) is 38.0 Å². The minimum Gasteiger partial charge on any atom is -0.466 e. The van der Waals surface area contributed by atoms with E-state index in [-0.39, 0.29) is 17.8 Å². The summed E-state index contributed by atoms with van der Waals surface area (Å²) in [6.07, 6.45) is 2.43. The molecule has 6 nitrogen and oxygen atoms in total. The highest BCUT2D eigenvalue weighted by atomic mass is 16.5. The molecule has 0 bridgehead atoms. The quantitative estimate of drug-likeness (QED) is 0.875. The number of aromatic amines is 1. The maximum absolute atomic E-state index is 12.8. The molecule has 1 aliphatic rings. The van der Waals surface area contributed by atoms with Crippen molar-refractivity contribution in [2.75, 3.05) is 19.7 Å². The molecule has 1 fully saturated rings. The predicted octanol–water partition coefficient (Wildman–Crippen LogP) is 2.54. The Bertz CT molecular complexity index is 753. The van der Waals surface area contributed by atoms with Crippen molar-refractivity contribution in [3.8, 4) is 0 Å². The van der Waals surface area contributed by atoms with Gasteiger partial charge in [-0.1, -0.05) is 6.92 Å². The number of esters is 1. The van der Waals surface area contributed by atoms with Crippen molar-refractivity contribution in [3.63, 3.8) is 0 Å². The summed E-state index contributed by atoms with van der Waals surface area (Å²) in [5.41, 5.74) is 2.36. The number of nitrogens with zero attached hydrogens (tertiary/aromatic N) is 2. The molecule has 2 heterocycles. The average molecular weight is 329 g/mol. The molecule has 1 unspecified atom stereocenters. The molecule has 3 rings (SSSR count). The first-order valence-electron chi connectivity index (χ1n) is 8.57. The summed E-state index contributed by atoms with van der Waals surface area (Å²) in [6.45, 7) is 5.31. The Balaban J connectivity index is 1.76. The first-order valence-corrected chi connectivity index (χ1v) is 8.57. The second kappa shape index (κ2) is 7.03. The molecule has 0 aliphatic carbocycles. The molecule has 1 aliphatic heterocycles. The van der Waals surface area contributed by atoms with E-state index >= 15 is 0 Å². The van der Waals surface area contributed by atoms with Crippen LogP contribution in [0.4, 0.5) is 0 Å². The first kappa shape index (κ1) is 16.5. The fraction of sp³-hybridized carbons (Fsp3) is 0.500. The van der Waals surface area contributed by atoms with Gasteiger partial charge in [-0.15, -0.1) is 0 Å². The number of amides is 1. The summed E-state index contributed by atoms with van der Waals surface area (Å²) in [7, 11) is 0. The van der Waals surface area contributed by atoms with Gasteiger partial charge >= 0.3 is 5.97 Å². The third-order valence-electron chi connectivity index (χ3n) is 4.44. The van der Waals surface area contributed by atoms with Gasteiger partial charge in [0.05, 0.1) is 23.6 Å². The van der Waals surface area contributed by atoms with E-state index in [0.717, 1.165) is 36.1 Å². The molecule has 6 heteroatoms. The van der Waals surface area contributed by atoms with Crippen LogP contribution >= 0.6 is 0 Å². The second-order valence-corrected chi connectivity index (χ2v) is 6.11. The second-order valence-electron chi connectivity index (χ2n) is 6.11. The highest BCUT2D eigenvalue weighted by molar-refractivity contribution is 5.97. The first-order chi connectivity index (χ1) is 11.6. The van der Waals surface area contributed by atoms with Crippen molar-refractivity contribution >= 4 is 22.9 Å². The maximum atomic E-state index is 12.8. The van der Waals surface area contributed by atoms with Gasteiger partial charge in [0.2, 0.25) is 0 Å². The lowest BCUT2D eigenvalue weighted by Gasteiger charge is -2.31. The number of ether oxygens (including phenoxy) is 1. The molecule has 0 spiro atoms. The molecule has 128 valence electrons. The summed E-state index contributed by atoms with van der Waals surface area (Å²) in [5.74, 6) is 0.449. The van der Waals surface area contributed by atoms with Crippen LogP contribution in [-0.4, -0.2) is 46.4 Å². The number of likely N-dealkylation sites (tertiary alicyclic amines) is 1. The van der Waals surface area contributed by atoms with Crippen molar-refractivity contribution in [1.29, 1.82) is 0 Å². The van der Waals surface area contributed by atoms with Gasteiger partial charge in [0, 0.05) is 25.1 Å². The standard InChI is InChI=1S/C18H23N3O3/c1-3-16-19-14-8-7-12(10-15(14)20-16)17(22)21-9-5-6-13(11-21)18(23)24-4-2/h7-8,10,13H,3-6,9,11H2,1-2H3,(H,19,20). The summed E-state index contributed by atoms with van der Waals surface area (Å²) in [5, 5.41) is 0. The summed E-state index contributed by atoms with van der Waals surface area (Å²) in [6, 6.07) is 5.52. The molecule has 0 radical (unpaired) electrons. The number of fused-ring (bicyclic) bond motifs is 1. The molecule has 1 aromatic heterocycles. The van der Waals surface area contributed by atoms with Crippen LogP contribution in [0.15, 0.2) is 18.2 Å². The lowest BCUT2D eigenvalue weighted by Crippen LogP contribution is -2.42. The number of hydrogen-bond donors (Lipinski definition) is 1. The number of rotatable bonds is 4. The van der Waals surface area contributed by atoms with E-state index in [1.165, 1.54) is 0 Å². The van der Waals surface area contributed by atoms with Crippen LogP contribution in [0.2, 0.25) is 0 Å². The van der Waals surface area contributed by atoms with Crippen molar-refractivity contribution in [2.45, 2.75) is 33.1 Å². The number of aromatic nitrogens is 2. The van der Waals surface area contributed by atoms with Gasteiger partial charge in [-0.3, -0.25) is 9.59 Å². The highest BCUT2D eigenvalue weighted by Gasteiger charge is 2.29. The van der Waals surface area contributed by atoms with Crippen LogP contribution < -0.4 is 0 Å². The molecule has 2 aromatic rings. The van der Waals surface area contributed by atoms with Crippen LogP contribution in [-0.2, 0) is 16.0 Å². The third-order valence-corrected chi connectivity index (χ3v) is 4.44. The van der Waals surface area contributed by atoms with E-state index in [0.29, 0.717) is 25.3 Å². The molecular formula is C18H23N3O3. The minimum atomic E-state index is -0.217. The van der Waals surface area contributed by atoms with E-state index < -0.39 is 0 Å². The van der Waals surface area contributed by atoms with Crippen molar-refractivity contribution < 1.29 is 14.3 Å². The van der Waals surface area contributed by atoms with E-state index in [1.807, 2.05) is 19.1 Å². The number of imidazole rings is 1. The third kappa shape index (κ3) is 3.27. The lowest BCUT2D eigenvalue weighted by molar-refractivity contribution is -0.149. The monoisotopic (exact) mass is 329 g/mol. The Hall–Kier alpha value is -2.37. The van der Waals surface area contributed by atoms with Crippen LogP contribution in [0.5, 0.6) is 0 Å². The maximum Gasteiger partial charge on any atom is 0.310 e. The number of nitrogens with one attached hydrogen (secondary N) is 1. The number of carbonyl (C=O) groups excluding carboxylic acids is 2. The number of hydrogen-bond acceptors (Lipinski definition) is 4. The van der Waals surface area contributed by atoms with Crippen LogP contribution in [0.3, 0.4) is 0 Å². The average Bonchev–Trinajstić information content (AvgIpc) is 3.03. The number of carbonyl (C=O) groups is 2. The van der Waals surface area contributed by atoms with Crippen LogP contribution in [0, 0.1) is 5.92 Å². The molecule has 24 heavy (non-hydrogen) atoms. The van der Waals surface area contributed by atoms with Gasteiger partial charge in [0.25, 0.3) is 5.91 Å². The van der Waals surface area contributed by atoms with Crippen molar-refractivity contribution in [3.05, 3.63) is 29.6 Å². The number of piperidine rings is 1. The number of aryl methyl sites for hydroxylation is 1. The number of benzene rings is 1. The molecule has 0 saturated carbocycles. The summed E-state index contributed by atoms with van der Waals surface area (Å²) >= 11 is 0. The van der Waals surface area contributed by atoms with Crippen LogP contribution in [0.25, 0.3) is 11.0 Å². The molecule has 1 N–H and O–H groups in total. The van der Waals surface area contributed by atoms with Gasteiger partial charge in [-0.25, -0.2) is 4.98 Å². The van der Waals surface area contributed by atoms with Gasteiger partial charge in [-0.2, -0.15) is 0 Å². The molecule has 1 aromatic carbocycles. The normalized spacial score (nSPS) is 17.9. The SMILES string of the molecule is CCOC(=O)C1CCCN(C(=O)c2ccc3nc(CC)[nH]c3c2)C1. The van der Waals surface area contributed by atoms with Crippen molar-refractivity contribution in [2.24, 2.45) is 5.92 Å². The summed E-state index contributed by atoms with van der Waals surface area (Å²) < 4.78 is 5.10. The van der Waals surface area contributed by atoms with Gasteiger partial charge < -0.3 is 14.6 Å². The fourth-order valence-corrected chi connectivity index (χ4v) is 3.16. The molecular weight excluding hydrogens is 306 g/mol. The van der Waals surface area contributed by atoms with Crippen LogP contribution in [0.1, 0.15) is 42.9 Å². The smallest absolute Gasteiger partial charge is 0.310 e. The van der Waals surface area contributed by atoms with Gasteiger partial charge in [0.15, 0.2) is 0 Å². The Morgan fingerprint density at radius 1 is 1.38 bits per heavy atom. The largest absolute Gasteiger partial charge is 0.466 e. The van der Waals surface area contributed by atoms with E-state index in [4.69, 9.17) is 4.74 Å². The molecule has 1 atom stereocenters. The Morgan fingerprint density at radius 3 is 2.96 bits per heavy atom. The Kier molecular flexibility index (Phi) is 4.83. The summed E-state index contributed by atoms with van der Waals surface area (Å²) in [4.78, 5) is 34.2. The minimum absolute atomic E-state index is 0.0430. The zero-order chi connectivity index (χ0) is 17.1. The zero-order valence-corrected chi connectivity index (χ0v) is 14.2. The Morgan fingerprint density at radius 2 is 2.21 bits per heavy atom. The predicted molar refractivity (Wildman–Crippen MR) is 90.7 cm³/mol. The molecule has 1 saturated heterocycles. The van der Waals surface area contributed by atoms with E-state index in [1.54, 1.807) is 17.9 Å². The zero-order valence-electron chi connectivity index (χ0n) is 14.2.